The van der Waals surface area contributed by atoms with E-state index >= 15 is 0 Å². The molecule has 2 saturated heterocycles. The number of nitrogens with zero attached hydrogens (tertiary/aromatic N) is 4. The third kappa shape index (κ3) is 3.59. The van der Waals surface area contributed by atoms with Crippen LogP contribution in [0.2, 0.25) is 0 Å². The van der Waals surface area contributed by atoms with Crippen molar-refractivity contribution in [1.29, 1.82) is 0 Å². The second-order valence-electron chi connectivity index (χ2n) is 8.35. The number of rotatable bonds is 4. The number of carbonyl (C=O) groups excluding carboxylic acids is 2. The molecule has 0 bridgehead atoms. The molecule has 1 aromatic carbocycles. The molecular formula is C23H27N5O2. The number of hydrogen-bond donors (Lipinski definition) is 1. The number of carbonyl (C=O) groups is 2. The summed E-state index contributed by atoms with van der Waals surface area (Å²) in [6.45, 7) is 4.65. The van der Waals surface area contributed by atoms with Gasteiger partial charge in [0.25, 0.3) is 5.91 Å². The quantitative estimate of drug-likeness (QED) is 0.847. The van der Waals surface area contributed by atoms with Crippen molar-refractivity contribution in [2.24, 2.45) is 0 Å². The number of pyridine rings is 1. The highest BCUT2D eigenvalue weighted by atomic mass is 16.2. The number of hydrogen-bond acceptors (Lipinski definition) is 5. The number of aromatic nitrogens is 1. The van der Waals surface area contributed by atoms with Crippen LogP contribution in [0.4, 0.5) is 17.2 Å². The maximum Gasteiger partial charge on any atom is 0.257 e. The zero-order valence-electron chi connectivity index (χ0n) is 17.1. The average Bonchev–Trinajstić information content (AvgIpc) is 3.40. The van der Waals surface area contributed by atoms with Crippen LogP contribution in [0.1, 0.15) is 36.0 Å². The molecule has 0 aliphatic carbocycles. The summed E-state index contributed by atoms with van der Waals surface area (Å²) in [5.41, 5.74) is 1.63. The zero-order valence-corrected chi connectivity index (χ0v) is 17.1. The number of benzene rings is 1. The van der Waals surface area contributed by atoms with Gasteiger partial charge in [-0.05, 0) is 69.6 Å². The van der Waals surface area contributed by atoms with Gasteiger partial charge in [-0.15, -0.1) is 0 Å². The highest BCUT2D eigenvalue weighted by Crippen LogP contribution is 2.36. The molecule has 2 fully saturated rings. The van der Waals surface area contributed by atoms with Crippen LogP contribution < -0.4 is 10.2 Å². The Morgan fingerprint density at radius 3 is 2.77 bits per heavy atom. The van der Waals surface area contributed by atoms with E-state index in [9.17, 15) is 9.59 Å². The van der Waals surface area contributed by atoms with E-state index in [4.69, 9.17) is 0 Å². The molecular weight excluding hydrogens is 378 g/mol. The van der Waals surface area contributed by atoms with Gasteiger partial charge < -0.3 is 10.2 Å². The Kier molecular flexibility index (Phi) is 5.23. The van der Waals surface area contributed by atoms with Gasteiger partial charge in [0.2, 0.25) is 5.91 Å². The van der Waals surface area contributed by atoms with E-state index in [1.165, 1.54) is 25.9 Å². The molecule has 7 heteroatoms. The summed E-state index contributed by atoms with van der Waals surface area (Å²) in [4.78, 5) is 37.3. The fourth-order valence-corrected chi connectivity index (χ4v) is 4.91. The first-order chi connectivity index (χ1) is 14.7. The lowest BCUT2D eigenvalue weighted by Gasteiger charge is -2.30. The van der Waals surface area contributed by atoms with Crippen LogP contribution in [0.3, 0.4) is 0 Å². The van der Waals surface area contributed by atoms with Gasteiger partial charge in [0.1, 0.15) is 0 Å². The van der Waals surface area contributed by atoms with Gasteiger partial charge in [0, 0.05) is 18.8 Å². The molecule has 1 N–H and O–H groups in total. The van der Waals surface area contributed by atoms with Crippen LogP contribution in [0.5, 0.6) is 0 Å². The molecule has 0 radical (unpaired) electrons. The standard InChI is InChI=1S/C23H27N5O2/c29-21(16-27-14-6-7-17(27)15-26-12-3-4-13-26)28-20-10-2-1-8-18(20)23(30)25-19-9-5-11-24-22(19)28/h1-2,5,8-11,17H,3-4,6-7,12-16H2,(H,25,30)/t17-/m0/s1. The highest BCUT2D eigenvalue weighted by Gasteiger charge is 2.34. The largest absolute Gasteiger partial charge is 0.319 e. The lowest BCUT2D eigenvalue weighted by atomic mass is 10.1. The molecule has 1 atom stereocenters. The molecule has 0 saturated carbocycles. The van der Waals surface area contributed by atoms with E-state index in [1.54, 1.807) is 29.3 Å². The Morgan fingerprint density at radius 2 is 1.90 bits per heavy atom. The van der Waals surface area contributed by atoms with Gasteiger partial charge in [-0.3, -0.25) is 19.4 Å². The van der Waals surface area contributed by atoms with Crippen LogP contribution in [0, 0.1) is 0 Å². The molecule has 1 aromatic heterocycles. The normalized spacial score (nSPS) is 21.8. The Hall–Kier alpha value is -2.77. The summed E-state index contributed by atoms with van der Waals surface area (Å²) >= 11 is 0. The van der Waals surface area contributed by atoms with Gasteiger partial charge in [0.15, 0.2) is 5.82 Å². The minimum absolute atomic E-state index is 0.0489. The minimum Gasteiger partial charge on any atom is -0.319 e. The fraction of sp³-hybridized carbons (Fsp3) is 0.435. The number of para-hydroxylation sites is 1. The van der Waals surface area contributed by atoms with Crippen LogP contribution in [0.25, 0.3) is 0 Å². The van der Waals surface area contributed by atoms with Gasteiger partial charge in [0.05, 0.1) is 23.5 Å². The molecule has 2 aromatic rings. The van der Waals surface area contributed by atoms with Crippen molar-refractivity contribution in [2.45, 2.75) is 31.7 Å². The van der Waals surface area contributed by atoms with Gasteiger partial charge >= 0.3 is 0 Å². The Labute approximate surface area is 176 Å². The fourth-order valence-electron chi connectivity index (χ4n) is 4.91. The Morgan fingerprint density at radius 1 is 1.07 bits per heavy atom. The van der Waals surface area contributed by atoms with Crippen molar-refractivity contribution in [3.8, 4) is 0 Å². The molecule has 0 spiro atoms. The number of likely N-dealkylation sites (tertiary alicyclic amines) is 2. The number of fused-ring (bicyclic) bond motifs is 2. The van der Waals surface area contributed by atoms with E-state index < -0.39 is 0 Å². The highest BCUT2D eigenvalue weighted by molar-refractivity contribution is 6.17. The van der Waals surface area contributed by atoms with Crippen molar-refractivity contribution in [3.05, 3.63) is 48.2 Å². The lowest BCUT2D eigenvalue weighted by Crippen LogP contribution is -2.44. The number of anilines is 3. The first kappa shape index (κ1) is 19.2. The van der Waals surface area contributed by atoms with Gasteiger partial charge in [-0.1, -0.05) is 12.1 Å². The summed E-state index contributed by atoms with van der Waals surface area (Å²) in [6, 6.07) is 11.2. The summed E-state index contributed by atoms with van der Waals surface area (Å²) in [7, 11) is 0. The maximum atomic E-state index is 13.6. The number of nitrogens with one attached hydrogen (secondary N) is 1. The van der Waals surface area contributed by atoms with E-state index in [0.29, 0.717) is 35.3 Å². The average molecular weight is 406 g/mol. The molecule has 3 aliphatic heterocycles. The van der Waals surface area contributed by atoms with E-state index in [0.717, 1.165) is 25.9 Å². The second kappa shape index (κ2) is 8.16. The summed E-state index contributed by atoms with van der Waals surface area (Å²) in [5.74, 6) is 0.214. The number of amides is 2. The first-order valence-electron chi connectivity index (χ1n) is 10.9. The van der Waals surface area contributed by atoms with Crippen molar-refractivity contribution in [2.75, 3.05) is 42.9 Å². The molecule has 3 aliphatic rings. The predicted molar refractivity (Wildman–Crippen MR) is 116 cm³/mol. The zero-order chi connectivity index (χ0) is 20.5. The molecule has 7 nitrogen and oxygen atoms in total. The molecule has 0 unspecified atom stereocenters. The van der Waals surface area contributed by atoms with Gasteiger partial charge in [-0.25, -0.2) is 4.98 Å². The van der Waals surface area contributed by atoms with E-state index in [-0.39, 0.29) is 11.8 Å². The maximum absolute atomic E-state index is 13.6. The summed E-state index contributed by atoms with van der Waals surface area (Å²) < 4.78 is 0. The van der Waals surface area contributed by atoms with Crippen LogP contribution in [-0.4, -0.2) is 65.4 Å². The van der Waals surface area contributed by atoms with Crippen LogP contribution >= 0.6 is 0 Å². The summed E-state index contributed by atoms with van der Waals surface area (Å²) in [5, 5.41) is 2.90. The molecule has 156 valence electrons. The summed E-state index contributed by atoms with van der Waals surface area (Å²) in [6.07, 6.45) is 6.47. The second-order valence-corrected chi connectivity index (χ2v) is 8.35. The lowest BCUT2D eigenvalue weighted by molar-refractivity contribution is -0.119. The monoisotopic (exact) mass is 405 g/mol. The SMILES string of the molecule is O=C1Nc2cccnc2N(C(=O)CN2CCC[C@H]2CN2CCCC2)c2ccccc21. The predicted octanol–water partition coefficient (Wildman–Crippen LogP) is 2.87. The molecule has 2 amide bonds. The topological polar surface area (TPSA) is 68.8 Å². The van der Waals surface area contributed by atoms with Crippen molar-refractivity contribution >= 4 is 29.0 Å². The Bertz CT molecular complexity index is 956. The third-order valence-corrected chi connectivity index (χ3v) is 6.39. The van der Waals surface area contributed by atoms with Crippen LogP contribution in [0.15, 0.2) is 42.6 Å². The van der Waals surface area contributed by atoms with Crippen molar-refractivity contribution in [1.82, 2.24) is 14.8 Å². The van der Waals surface area contributed by atoms with Crippen LogP contribution in [-0.2, 0) is 4.79 Å². The van der Waals surface area contributed by atoms with Crippen molar-refractivity contribution < 1.29 is 9.59 Å². The van der Waals surface area contributed by atoms with Gasteiger partial charge in [-0.2, -0.15) is 0 Å². The minimum atomic E-state index is -0.219. The first-order valence-corrected chi connectivity index (χ1v) is 10.9. The molecule has 4 heterocycles. The third-order valence-electron chi connectivity index (χ3n) is 6.39. The molecule has 30 heavy (non-hydrogen) atoms. The Balaban J connectivity index is 1.43. The molecule has 5 rings (SSSR count). The van der Waals surface area contributed by atoms with E-state index in [1.807, 2.05) is 18.2 Å². The van der Waals surface area contributed by atoms with E-state index in [2.05, 4.69) is 20.1 Å². The van der Waals surface area contributed by atoms with Crippen molar-refractivity contribution in [3.63, 3.8) is 0 Å². The smallest absolute Gasteiger partial charge is 0.257 e.